The van der Waals surface area contributed by atoms with Gasteiger partial charge >= 0.3 is 0 Å². The first-order valence-electron chi connectivity index (χ1n) is 11.6. The van der Waals surface area contributed by atoms with Gasteiger partial charge in [-0.3, -0.25) is 0 Å². The molecular weight excluding hydrogens is 406 g/mol. The van der Waals surface area contributed by atoms with Crippen LogP contribution in [0.1, 0.15) is 31.4 Å². The highest BCUT2D eigenvalue weighted by atomic mass is 16.5. The van der Waals surface area contributed by atoms with Gasteiger partial charge in [0.05, 0.1) is 31.0 Å². The summed E-state index contributed by atoms with van der Waals surface area (Å²) in [4.78, 5) is 0. The molecule has 1 N–H and O–H groups in total. The number of para-hydroxylation sites is 2. The minimum Gasteiger partial charge on any atom is -0.496 e. The zero-order valence-electron chi connectivity index (χ0n) is 19.8. The minimum atomic E-state index is -0.219. The fourth-order valence-electron chi connectivity index (χ4n) is 4.57. The Labute approximate surface area is 197 Å². The Kier molecular flexibility index (Phi) is 7.00. The second-order valence-electron chi connectivity index (χ2n) is 9.01. The summed E-state index contributed by atoms with van der Waals surface area (Å²) in [5.41, 5.74) is 6.84. The first-order valence-corrected chi connectivity index (χ1v) is 11.6. The first kappa shape index (κ1) is 22.9. The SMILES string of the molecule is C=CCOC(CCc1ccccc1)C1=CC(C)(C)Nc2c1cccc2-c1ccccc1OC. The summed E-state index contributed by atoms with van der Waals surface area (Å²) < 4.78 is 12.0. The molecule has 0 saturated heterocycles. The van der Waals surface area contributed by atoms with Crippen LogP contribution < -0.4 is 10.1 Å². The lowest BCUT2D eigenvalue weighted by Gasteiger charge is -2.36. The maximum absolute atomic E-state index is 6.35. The van der Waals surface area contributed by atoms with Crippen molar-refractivity contribution in [3.63, 3.8) is 0 Å². The standard InChI is InChI=1S/C30H33NO2/c1-5-20-33-28(19-18-22-12-7-6-8-13-22)26-21-30(2,3)31-29-24(15-11-16-25(26)29)23-14-9-10-17-27(23)32-4/h5-17,21,28,31H,1,18-20H2,2-4H3. The maximum Gasteiger partial charge on any atom is 0.126 e. The van der Waals surface area contributed by atoms with Gasteiger partial charge in [-0.2, -0.15) is 0 Å². The summed E-state index contributed by atoms with van der Waals surface area (Å²) in [5, 5.41) is 3.76. The molecule has 0 saturated carbocycles. The molecule has 0 bridgehead atoms. The predicted octanol–water partition coefficient (Wildman–Crippen LogP) is 7.15. The minimum absolute atomic E-state index is 0.0312. The van der Waals surface area contributed by atoms with E-state index >= 15 is 0 Å². The molecule has 33 heavy (non-hydrogen) atoms. The van der Waals surface area contributed by atoms with Gasteiger partial charge in [-0.05, 0) is 43.9 Å². The Morgan fingerprint density at radius 2 is 1.61 bits per heavy atom. The Morgan fingerprint density at radius 1 is 0.909 bits per heavy atom. The van der Waals surface area contributed by atoms with Crippen LogP contribution in [-0.4, -0.2) is 25.4 Å². The van der Waals surface area contributed by atoms with Gasteiger partial charge in [-0.15, -0.1) is 6.58 Å². The number of aryl methyl sites for hydroxylation is 1. The van der Waals surface area contributed by atoms with Crippen LogP contribution >= 0.6 is 0 Å². The van der Waals surface area contributed by atoms with Crippen LogP contribution in [-0.2, 0) is 11.2 Å². The average molecular weight is 440 g/mol. The van der Waals surface area contributed by atoms with Crippen molar-refractivity contribution in [2.45, 2.75) is 38.3 Å². The number of nitrogens with one attached hydrogen (secondary N) is 1. The molecule has 1 aliphatic rings. The molecule has 170 valence electrons. The number of hydrogen-bond acceptors (Lipinski definition) is 3. The summed E-state index contributed by atoms with van der Waals surface area (Å²) in [6.45, 7) is 8.80. The van der Waals surface area contributed by atoms with Crippen molar-refractivity contribution < 1.29 is 9.47 Å². The van der Waals surface area contributed by atoms with E-state index in [4.69, 9.17) is 9.47 Å². The summed E-state index contributed by atoms with van der Waals surface area (Å²) in [6.07, 6.45) is 5.97. The molecule has 1 heterocycles. The molecule has 0 aromatic heterocycles. The van der Waals surface area contributed by atoms with Gasteiger partial charge in [0.25, 0.3) is 0 Å². The molecular formula is C30H33NO2. The lowest BCUT2D eigenvalue weighted by atomic mass is 9.83. The van der Waals surface area contributed by atoms with Crippen LogP contribution in [0.15, 0.2) is 91.5 Å². The van der Waals surface area contributed by atoms with Gasteiger partial charge in [0, 0.05) is 16.7 Å². The number of hydrogen-bond donors (Lipinski definition) is 1. The molecule has 1 unspecified atom stereocenters. The molecule has 3 heteroatoms. The third-order valence-corrected chi connectivity index (χ3v) is 6.04. The largest absolute Gasteiger partial charge is 0.496 e. The fourth-order valence-corrected chi connectivity index (χ4v) is 4.57. The van der Waals surface area contributed by atoms with Gasteiger partial charge in [0.15, 0.2) is 0 Å². The molecule has 0 fully saturated rings. The van der Waals surface area contributed by atoms with E-state index in [1.165, 1.54) is 16.7 Å². The van der Waals surface area contributed by atoms with Crippen LogP contribution in [0, 0.1) is 0 Å². The highest BCUT2D eigenvalue weighted by Gasteiger charge is 2.31. The predicted molar refractivity (Wildman–Crippen MR) is 139 cm³/mol. The number of benzene rings is 3. The second-order valence-corrected chi connectivity index (χ2v) is 9.01. The van der Waals surface area contributed by atoms with Crippen molar-refractivity contribution in [3.8, 4) is 16.9 Å². The number of fused-ring (bicyclic) bond motifs is 1. The number of ether oxygens (including phenoxy) is 2. The monoisotopic (exact) mass is 439 g/mol. The van der Waals surface area contributed by atoms with Gasteiger partial charge in [0.1, 0.15) is 5.75 Å². The molecule has 0 aliphatic carbocycles. The molecule has 1 aliphatic heterocycles. The van der Waals surface area contributed by atoms with Crippen LogP contribution in [0.2, 0.25) is 0 Å². The second kappa shape index (κ2) is 10.1. The van der Waals surface area contributed by atoms with Crippen LogP contribution in [0.3, 0.4) is 0 Å². The van der Waals surface area contributed by atoms with Crippen LogP contribution in [0.5, 0.6) is 5.75 Å². The topological polar surface area (TPSA) is 30.5 Å². The Bertz CT molecular complexity index is 1130. The lowest BCUT2D eigenvalue weighted by Crippen LogP contribution is -2.34. The number of methoxy groups -OCH3 is 1. The van der Waals surface area contributed by atoms with E-state index in [9.17, 15) is 0 Å². The molecule has 1 atom stereocenters. The van der Waals surface area contributed by atoms with Crippen molar-refractivity contribution in [2.24, 2.45) is 0 Å². The first-order chi connectivity index (χ1) is 16.0. The molecule has 0 spiro atoms. The Hall–Kier alpha value is -3.30. The summed E-state index contributed by atoms with van der Waals surface area (Å²) in [7, 11) is 1.72. The molecule has 3 aromatic carbocycles. The van der Waals surface area contributed by atoms with Crippen LogP contribution in [0.4, 0.5) is 5.69 Å². The van der Waals surface area contributed by atoms with Gasteiger partial charge in [0.2, 0.25) is 0 Å². The zero-order valence-corrected chi connectivity index (χ0v) is 19.8. The lowest BCUT2D eigenvalue weighted by molar-refractivity contribution is 0.110. The molecule has 4 rings (SSSR count). The average Bonchev–Trinajstić information content (AvgIpc) is 2.83. The van der Waals surface area contributed by atoms with E-state index in [-0.39, 0.29) is 11.6 Å². The molecule has 0 radical (unpaired) electrons. The van der Waals surface area contributed by atoms with Crippen molar-refractivity contribution in [3.05, 3.63) is 103 Å². The van der Waals surface area contributed by atoms with E-state index in [1.54, 1.807) is 7.11 Å². The smallest absolute Gasteiger partial charge is 0.126 e. The van der Waals surface area contributed by atoms with E-state index in [2.05, 4.69) is 92.5 Å². The fraction of sp³-hybridized carbons (Fsp3) is 0.267. The highest BCUT2D eigenvalue weighted by molar-refractivity contribution is 5.93. The van der Waals surface area contributed by atoms with E-state index in [1.807, 2.05) is 18.2 Å². The van der Waals surface area contributed by atoms with Crippen molar-refractivity contribution in [1.29, 1.82) is 0 Å². The molecule has 3 aromatic rings. The number of anilines is 1. The maximum atomic E-state index is 6.35. The number of rotatable bonds is 9. The third-order valence-electron chi connectivity index (χ3n) is 6.04. The summed E-state index contributed by atoms with van der Waals surface area (Å²) in [5.74, 6) is 0.866. The van der Waals surface area contributed by atoms with E-state index in [0.717, 1.165) is 35.4 Å². The normalized spacial score (nSPS) is 15.1. The third kappa shape index (κ3) is 5.20. The zero-order chi connectivity index (χ0) is 23.3. The Balaban J connectivity index is 1.76. The van der Waals surface area contributed by atoms with Crippen molar-refractivity contribution in [2.75, 3.05) is 19.0 Å². The quantitative estimate of drug-likeness (QED) is 0.359. The highest BCUT2D eigenvalue weighted by Crippen LogP contribution is 2.44. The van der Waals surface area contributed by atoms with Gasteiger partial charge in [-0.25, -0.2) is 0 Å². The van der Waals surface area contributed by atoms with Gasteiger partial charge in [-0.1, -0.05) is 78.9 Å². The van der Waals surface area contributed by atoms with Crippen molar-refractivity contribution in [1.82, 2.24) is 0 Å². The van der Waals surface area contributed by atoms with Crippen LogP contribution in [0.25, 0.3) is 16.7 Å². The summed E-state index contributed by atoms with van der Waals surface area (Å²) in [6, 6.07) is 25.3. The summed E-state index contributed by atoms with van der Waals surface area (Å²) >= 11 is 0. The molecule has 3 nitrogen and oxygen atoms in total. The van der Waals surface area contributed by atoms with Crippen molar-refractivity contribution >= 4 is 11.3 Å². The van der Waals surface area contributed by atoms with E-state index < -0.39 is 0 Å². The molecule has 0 amide bonds. The Morgan fingerprint density at radius 3 is 2.36 bits per heavy atom. The van der Waals surface area contributed by atoms with E-state index in [0.29, 0.717) is 6.61 Å². The van der Waals surface area contributed by atoms with Gasteiger partial charge < -0.3 is 14.8 Å².